The van der Waals surface area contributed by atoms with E-state index in [1.165, 1.54) is 17.6 Å². The standard InChI is InChI=1S/C19H18N4O2S/c1-13-17(20-8-7-18(13)25-2)12-26(24)19-21-15-6-5-14(11-16(15)22-19)23-9-3-4-10-23/h3-11H,12H2,1-2H3,(H,21,22)/i2D3,5D,6D,11D,12D2/hD. The van der Waals surface area contributed by atoms with Crippen molar-refractivity contribution in [1.29, 1.82) is 0 Å². The molecule has 0 aliphatic carbocycles. The van der Waals surface area contributed by atoms with Gasteiger partial charge in [0.05, 0.1) is 34.7 Å². The van der Waals surface area contributed by atoms with Crippen LogP contribution in [-0.2, 0) is 16.9 Å². The van der Waals surface area contributed by atoms with Crippen LogP contribution in [0.1, 0.15) is 22.2 Å². The third-order valence-electron chi connectivity index (χ3n) is 3.66. The lowest BCUT2D eigenvalue weighted by Crippen LogP contribution is -2.10. The predicted molar refractivity (Wildman–Crippen MR) is 101 cm³/mol. The zero-order chi connectivity index (χ0) is 25.9. The highest BCUT2D eigenvalue weighted by molar-refractivity contribution is 7.90. The molecule has 0 saturated carbocycles. The molecule has 1 atom stereocenters. The normalized spacial score (nSPS) is 18.5. The van der Waals surface area contributed by atoms with Gasteiger partial charge in [-0.05, 0) is 43.3 Å². The molecule has 3 aromatic heterocycles. The monoisotopic (exact) mass is 375 g/mol. The van der Waals surface area contributed by atoms with Gasteiger partial charge in [0, 0.05) is 41.0 Å². The van der Waals surface area contributed by atoms with Gasteiger partial charge in [-0.15, -0.1) is 0 Å². The highest BCUT2D eigenvalue weighted by atomic mass is 32.2. The van der Waals surface area contributed by atoms with Crippen molar-refractivity contribution in [3.63, 3.8) is 0 Å². The first-order valence-electron chi connectivity index (χ1n) is 11.9. The number of benzene rings is 1. The fourth-order valence-electron chi connectivity index (χ4n) is 2.32. The van der Waals surface area contributed by atoms with Crippen LogP contribution in [-0.4, -0.2) is 31.1 Å². The predicted octanol–water partition coefficient (Wildman–Crippen LogP) is 3.37. The first kappa shape index (κ1) is 9.25. The fraction of sp³-hybridized carbons (Fsp3) is 0.158. The Kier molecular flexibility index (Phi) is 2.44. The average Bonchev–Trinajstić information content (AvgIpc) is 3.40. The van der Waals surface area contributed by atoms with Crippen LogP contribution < -0.4 is 4.74 Å². The molecular formula is C19H18N4O2S. The summed E-state index contributed by atoms with van der Waals surface area (Å²) < 4.78 is 92.1. The summed E-state index contributed by atoms with van der Waals surface area (Å²) in [5, 5.41) is -0.598. The second-order valence-electron chi connectivity index (χ2n) is 5.27. The van der Waals surface area contributed by atoms with Gasteiger partial charge in [-0.25, -0.2) is 0 Å². The smallest absolute Gasteiger partial charge is 0.322 e. The number of rotatable bonds is 5. The third-order valence-corrected chi connectivity index (χ3v) is 4.55. The lowest BCUT2D eigenvalue weighted by molar-refractivity contribution is 0.410. The highest BCUT2D eigenvalue weighted by Crippen LogP contribution is 2.24. The van der Waals surface area contributed by atoms with E-state index in [2.05, 4.69) is 9.97 Å². The van der Waals surface area contributed by atoms with Crippen molar-refractivity contribution in [2.75, 3.05) is 7.04 Å². The number of ether oxygens (including phenoxy) is 1. The SMILES string of the molecule is [2H]c1c(-n2cccc2)c([2H])c2nc([S+]([O-])C([2H])([2H])c3nccc(OC([2H])([2H])[2H])c3C)n([2H])c2c1[2H]. The number of nitrogens with zero attached hydrogens (tertiary/aromatic N) is 3. The summed E-state index contributed by atoms with van der Waals surface area (Å²) in [5.74, 6) is -0.174. The number of H-pyrrole nitrogens is 1. The number of nitrogens with one attached hydrogen (secondary N) is 1. The van der Waals surface area contributed by atoms with E-state index in [1.807, 2.05) is 0 Å². The summed E-state index contributed by atoms with van der Waals surface area (Å²) in [6.07, 6.45) is 4.27. The fourth-order valence-corrected chi connectivity index (χ4v) is 3.14. The van der Waals surface area contributed by atoms with Crippen LogP contribution in [0.2, 0.25) is 1.41 Å². The van der Waals surface area contributed by atoms with Crippen molar-refractivity contribution in [2.24, 2.45) is 0 Å². The summed E-state index contributed by atoms with van der Waals surface area (Å²) in [5.41, 5.74) is -3.54. The van der Waals surface area contributed by atoms with Gasteiger partial charge in [0.1, 0.15) is 5.75 Å². The van der Waals surface area contributed by atoms with Gasteiger partial charge in [0.25, 0.3) is 0 Å². The van der Waals surface area contributed by atoms with Crippen molar-refractivity contribution >= 4 is 22.2 Å². The van der Waals surface area contributed by atoms with E-state index in [1.54, 1.807) is 24.5 Å². The lowest BCUT2D eigenvalue weighted by Gasteiger charge is -2.10. The maximum atomic E-state index is 13.4. The topological polar surface area (TPSA) is 78.8 Å². The van der Waals surface area contributed by atoms with Crippen molar-refractivity contribution < 1.29 is 21.7 Å². The quantitative estimate of drug-likeness (QED) is 0.543. The van der Waals surface area contributed by atoms with Crippen molar-refractivity contribution in [3.8, 4) is 11.4 Å². The second-order valence-corrected chi connectivity index (χ2v) is 6.38. The Hall–Kier alpha value is -2.77. The molecule has 0 aliphatic heterocycles. The first-order chi connectivity index (χ1) is 16.3. The molecule has 4 aromatic rings. The largest absolute Gasteiger partial charge is 0.609 e. The van der Waals surface area contributed by atoms with Crippen molar-refractivity contribution in [3.05, 3.63) is 66.2 Å². The summed E-state index contributed by atoms with van der Waals surface area (Å²) in [6.45, 7) is 1.36. The van der Waals surface area contributed by atoms with Gasteiger partial charge < -0.3 is 13.9 Å². The van der Waals surface area contributed by atoms with E-state index in [0.717, 1.165) is 6.20 Å². The summed E-state index contributed by atoms with van der Waals surface area (Å²) >= 11 is -2.69. The van der Waals surface area contributed by atoms with E-state index < -0.39 is 35.1 Å². The van der Waals surface area contributed by atoms with Gasteiger partial charge in [-0.2, -0.15) is 4.98 Å². The molecule has 1 aromatic carbocycles. The second kappa shape index (κ2) is 6.86. The molecule has 0 radical (unpaired) electrons. The minimum Gasteiger partial charge on any atom is -0.609 e. The third kappa shape index (κ3) is 3.07. The summed E-state index contributed by atoms with van der Waals surface area (Å²) in [6, 6.07) is 3.51. The van der Waals surface area contributed by atoms with Gasteiger partial charge in [-0.3, -0.25) is 9.96 Å². The molecule has 4 rings (SSSR count). The maximum Gasteiger partial charge on any atom is 0.322 e. The van der Waals surface area contributed by atoms with E-state index in [4.69, 9.17) is 17.1 Å². The molecule has 0 bridgehead atoms. The summed E-state index contributed by atoms with van der Waals surface area (Å²) in [7, 11) is -2.80. The molecule has 0 aliphatic rings. The van der Waals surface area contributed by atoms with Crippen LogP contribution in [0.3, 0.4) is 0 Å². The number of aromatic nitrogens is 4. The van der Waals surface area contributed by atoms with Gasteiger partial charge in [-0.1, -0.05) is 0 Å². The van der Waals surface area contributed by atoms with Crippen LogP contribution in [0, 0.1) is 6.92 Å². The minimum absolute atomic E-state index is 0.000293. The van der Waals surface area contributed by atoms with Crippen LogP contribution in [0.15, 0.2) is 60.1 Å². The Morgan fingerprint density at radius 2 is 2.31 bits per heavy atom. The van der Waals surface area contributed by atoms with Crippen LogP contribution in [0.4, 0.5) is 0 Å². The molecular weight excluding hydrogens is 348 g/mol. The molecule has 0 saturated heterocycles. The minimum atomic E-state index is -2.80. The summed E-state index contributed by atoms with van der Waals surface area (Å²) in [4.78, 5) is 8.49. The zero-order valence-electron chi connectivity index (χ0n) is 22.5. The number of methoxy groups -OCH3 is 1. The molecule has 1 unspecified atom stereocenters. The Labute approximate surface area is 166 Å². The van der Waals surface area contributed by atoms with E-state index in [9.17, 15) is 4.55 Å². The van der Waals surface area contributed by atoms with Gasteiger partial charge >= 0.3 is 5.16 Å². The Morgan fingerprint density at radius 3 is 3.12 bits per heavy atom. The molecule has 6 nitrogen and oxygen atoms in total. The lowest BCUT2D eigenvalue weighted by atomic mass is 10.2. The van der Waals surface area contributed by atoms with Crippen molar-refractivity contribution in [2.45, 2.75) is 17.8 Å². The molecule has 0 amide bonds. The number of hydrogen-bond donors (Lipinski definition) is 1. The number of hydrogen-bond acceptors (Lipinski definition) is 4. The molecule has 132 valence electrons. The number of aromatic amines is 1. The zero-order valence-corrected chi connectivity index (χ0v) is 14.3. The average molecular weight is 376 g/mol. The molecule has 0 spiro atoms. The van der Waals surface area contributed by atoms with Crippen LogP contribution >= 0.6 is 0 Å². The Morgan fingerprint density at radius 1 is 1.46 bits per heavy atom. The van der Waals surface area contributed by atoms with Crippen LogP contribution in [0.5, 0.6) is 5.75 Å². The van der Waals surface area contributed by atoms with E-state index >= 15 is 0 Å². The van der Waals surface area contributed by atoms with E-state index in [0.29, 0.717) is 4.98 Å². The molecule has 26 heavy (non-hydrogen) atoms. The van der Waals surface area contributed by atoms with E-state index in [-0.39, 0.29) is 45.8 Å². The molecule has 1 N–H and O–H groups in total. The number of pyridine rings is 1. The first-order valence-corrected chi connectivity index (χ1v) is 8.62. The maximum absolute atomic E-state index is 13.4. The van der Waals surface area contributed by atoms with Gasteiger partial charge in [0.15, 0.2) is 7.12 Å². The Balaban J connectivity index is 1.86. The molecule has 7 heteroatoms. The number of fused-ring (bicyclic) bond motifs is 1. The number of imidazole rings is 1. The highest BCUT2D eigenvalue weighted by Gasteiger charge is 2.20. The van der Waals surface area contributed by atoms with Crippen molar-refractivity contribution in [1.82, 2.24) is 19.5 Å². The Bertz CT molecular complexity index is 1420. The van der Waals surface area contributed by atoms with Crippen LogP contribution in [0.25, 0.3) is 16.7 Å². The van der Waals surface area contributed by atoms with Gasteiger partial charge in [0.2, 0.25) is 0 Å². The molecule has 3 heterocycles. The molecule has 0 fully saturated rings.